The van der Waals surface area contributed by atoms with E-state index < -0.39 is 0 Å². The second-order valence-corrected chi connectivity index (χ2v) is 8.03. The zero-order valence-corrected chi connectivity index (χ0v) is 18.7. The van der Waals surface area contributed by atoms with E-state index in [-0.39, 0.29) is 5.91 Å². The first-order valence-corrected chi connectivity index (χ1v) is 11.3. The van der Waals surface area contributed by atoms with Crippen LogP contribution in [0.15, 0.2) is 60.7 Å². The van der Waals surface area contributed by atoms with Crippen molar-refractivity contribution >= 4 is 5.91 Å². The lowest BCUT2D eigenvalue weighted by Crippen LogP contribution is -3.14. The number of likely N-dealkylation sites (N-methyl/N-ethyl adjacent to an activating group) is 1. The highest BCUT2D eigenvalue weighted by Crippen LogP contribution is 2.34. The molecule has 0 bridgehead atoms. The SMILES string of the molecule is CCOc1ccccc1-n1c(-c2ccccc2)cc(C(=O)N2CC[NH+](CC)CC2)c1C. The number of ether oxygens (including phenoxy) is 1. The van der Waals surface area contributed by atoms with Crippen LogP contribution in [0.1, 0.15) is 29.9 Å². The van der Waals surface area contributed by atoms with E-state index >= 15 is 0 Å². The van der Waals surface area contributed by atoms with E-state index in [9.17, 15) is 4.79 Å². The molecule has 0 spiro atoms. The number of carbonyl (C=O) groups excluding carboxylic acids is 1. The number of nitrogens with zero attached hydrogens (tertiary/aromatic N) is 2. The highest BCUT2D eigenvalue weighted by atomic mass is 16.5. The van der Waals surface area contributed by atoms with Crippen LogP contribution in [0.4, 0.5) is 0 Å². The lowest BCUT2D eigenvalue weighted by molar-refractivity contribution is -0.902. The number of amides is 1. The quantitative estimate of drug-likeness (QED) is 0.668. The topological polar surface area (TPSA) is 38.9 Å². The van der Waals surface area contributed by atoms with Crippen molar-refractivity contribution in [2.45, 2.75) is 20.8 Å². The van der Waals surface area contributed by atoms with Crippen molar-refractivity contribution in [2.24, 2.45) is 0 Å². The fraction of sp³-hybridized carbons (Fsp3) is 0.346. The molecule has 3 aromatic rings. The molecule has 162 valence electrons. The van der Waals surface area contributed by atoms with Crippen LogP contribution < -0.4 is 9.64 Å². The van der Waals surface area contributed by atoms with Gasteiger partial charge in [-0.05, 0) is 44.5 Å². The van der Waals surface area contributed by atoms with Crippen LogP contribution in [0, 0.1) is 6.92 Å². The van der Waals surface area contributed by atoms with Crippen molar-refractivity contribution in [1.82, 2.24) is 9.47 Å². The smallest absolute Gasteiger partial charge is 0.256 e. The van der Waals surface area contributed by atoms with Crippen LogP contribution in [-0.4, -0.2) is 54.7 Å². The Hall–Kier alpha value is -3.05. The Bertz CT molecular complexity index is 1030. The summed E-state index contributed by atoms with van der Waals surface area (Å²) < 4.78 is 8.10. The Morgan fingerprint density at radius 3 is 2.35 bits per heavy atom. The molecule has 1 aliphatic rings. The summed E-state index contributed by atoms with van der Waals surface area (Å²) in [5.74, 6) is 0.942. The van der Waals surface area contributed by atoms with Gasteiger partial charge in [0, 0.05) is 5.69 Å². The fourth-order valence-corrected chi connectivity index (χ4v) is 4.42. The van der Waals surface area contributed by atoms with E-state index in [1.165, 1.54) is 0 Å². The number of hydrogen-bond donors (Lipinski definition) is 1. The Morgan fingerprint density at radius 1 is 1.00 bits per heavy atom. The number of hydrogen-bond acceptors (Lipinski definition) is 2. The van der Waals surface area contributed by atoms with Gasteiger partial charge in [0.2, 0.25) is 0 Å². The third-order valence-corrected chi connectivity index (χ3v) is 6.21. The minimum atomic E-state index is 0.123. The molecule has 31 heavy (non-hydrogen) atoms. The van der Waals surface area contributed by atoms with Crippen molar-refractivity contribution < 1.29 is 14.4 Å². The zero-order valence-electron chi connectivity index (χ0n) is 18.7. The summed E-state index contributed by atoms with van der Waals surface area (Å²) in [4.78, 5) is 17.1. The van der Waals surface area contributed by atoms with Crippen LogP contribution in [0.5, 0.6) is 5.75 Å². The highest BCUT2D eigenvalue weighted by molar-refractivity contribution is 5.97. The average molecular weight is 419 g/mol. The van der Waals surface area contributed by atoms with Gasteiger partial charge in [-0.25, -0.2) is 0 Å². The summed E-state index contributed by atoms with van der Waals surface area (Å²) in [6.45, 7) is 11.6. The van der Waals surface area contributed by atoms with Gasteiger partial charge in [-0.3, -0.25) is 4.79 Å². The first-order chi connectivity index (χ1) is 15.1. The Labute approximate surface area is 184 Å². The van der Waals surface area contributed by atoms with Gasteiger partial charge in [0.15, 0.2) is 0 Å². The predicted molar refractivity (Wildman–Crippen MR) is 124 cm³/mol. The molecule has 0 saturated carbocycles. The molecule has 1 aliphatic heterocycles. The fourth-order valence-electron chi connectivity index (χ4n) is 4.42. The van der Waals surface area contributed by atoms with Gasteiger partial charge in [0.25, 0.3) is 5.91 Å². The van der Waals surface area contributed by atoms with E-state index in [1.54, 1.807) is 4.90 Å². The van der Waals surface area contributed by atoms with Crippen LogP contribution >= 0.6 is 0 Å². The Kier molecular flexibility index (Phi) is 6.42. The molecule has 2 heterocycles. The molecule has 1 amide bonds. The van der Waals surface area contributed by atoms with Crippen molar-refractivity contribution in [3.8, 4) is 22.7 Å². The molecule has 5 nitrogen and oxygen atoms in total. The molecule has 4 rings (SSSR count). The van der Waals surface area contributed by atoms with Gasteiger partial charge in [-0.15, -0.1) is 0 Å². The third kappa shape index (κ3) is 4.23. The molecule has 0 radical (unpaired) electrons. The molecule has 1 saturated heterocycles. The van der Waals surface area contributed by atoms with Crippen LogP contribution in [0.2, 0.25) is 0 Å². The van der Waals surface area contributed by atoms with E-state index in [1.807, 2.05) is 55.1 Å². The Balaban J connectivity index is 1.80. The number of para-hydroxylation sites is 2. The maximum absolute atomic E-state index is 13.5. The van der Waals surface area contributed by atoms with Gasteiger partial charge in [-0.2, -0.15) is 0 Å². The molecule has 5 heteroatoms. The second kappa shape index (κ2) is 9.40. The maximum Gasteiger partial charge on any atom is 0.256 e. The normalized spacial score (nSPS) is 14.6. The summed E-state index contributed by atoms with van der Waals surface area (Å²) in [6, 6.07) is 20.3. The summed E-state index contributed by atoms with van der Waals surface area (Å²) in [7, 11) is 0. The molecule has 0 aliphatic carbocycles. The van der Waals surface area contributed by atoms with E-state index in [0.29, 0.717) is 6.61 Å². The van der Waals surface area contributed by atoms with Gasteiger partial charge in [0.1, 0.15) is 5.75 Å². The third-order valence-electron chi connectivity index (χ3n) is 6.21. The molecule has 0 atom stereocenters. The molecule has 1 aromatic heterocycles. The molecule has 1 N–H and O–H groups in total. The van der Waals surface area contributed by atoms with Gasteiger partial charge in [0.05, 0.1) is 56.3 Å². The largest absolute Gasteiger partial charge is 0.492 e. The maximum atomic E-state index is 13.5. The first kappa shape index (κ1) is 21.2. The first-order valence-electron chi connectivity index (χ1n) is 11.3. The predicted octanol–water partition coefficient (Wildman–Crippen LogP) is 3.21. The zero-order chi connectivity index (χ0) is 21.8. The second-order valence-electron chi connectivity index (χ2n) is 8.03. The number of quaternary nitrogens is 1. The minimum Gasteiger partial charge on any atom is -0.492 e. The highest BCUT2D eigenvalue weighted by Gasteiger charge is 2.28. The summed E-state index contributed by atoms with van der Waals surface area (Å²) in [6.07, 6.45) is 0. The van der Waals surface area contributed by atoms with Gasteiger partial charge < -0.3 is 19.1 Å². The summed E-state index contributed by atoms with van der Waals surface area (Å²) in [5, 5.41) is 0. The van der Waals surface area contributed by atoms with E-state index in [0.717, 1.165) is 66.7 Å². The van der Waals surface area contributed by atoms with E-state index in [2.05, 4.69) is 35.8 Å². The summed E-state index contributed by atoms with van der Waals surface area (Å²) in [5.41, 5.74) is 4.76. The monoisotopic (exact) mass is 418 g/mol. The number of piperazine rings is 1. The van der Waals surface area contributed by atoms with Gasteiger partial charge >= 0.3 is 0 Å². The lowest BCUT2D eigenvalue weighted by Gasteiger charge is -2.31. The van der Waals surface area contributed by atoms with Gasteiger partial charge in [-0.1, -0.05) is 42.5 Å². The number of rotatable bonds is 6. The molecular weight excluding hydrogens is 386 g/mol. The number of benzene rings is 2. The lowest BCUT2D eigenvalue weighted by atomic mass is 10.1. The minimum absolute atomic E-state index is 0.123. The van der Waals surface area contributed by atoms with Crippen molar-refractivity contribution in [1.29, 1.82) is 0 Å². The number of nitrogens with one attached hydrogen (secondary N) is 1. The van der Waals surface area contributed by atoms with Crippen molar-refractivity contribution in [3.05, 3.63) is 71.9 Å². The van der Waals surface area contributed by atoms with Crippen LogP contribution in [0.3, 0.4) is 0 Å². The van der Waals surface area contributed by atoms with Crippen LogP contribution in [-0.2, 0) is 0 Å². The van der Waals surface area contributed by atoms with Crippen molar-refractivity contribution in [3.63, 3.8) is 0 Å². The van der Waals surface area contributed by atoms with Crippen molar-refractivity contribution in [2.75, 3.05) is 39.3 Å². The molecule has 0 unspecified atom stereocenters. The molecule has 1 fully saturated rings. The number of carbonyl (C=O) groups is 1. The number of aromatic nitrogens is 1. The standard InChI is InChI=1S/C26H31N3O2/c1-4-27-15-17-28(18-16-27)26(30)22-19-24(21-11-7-6-8-12-21)29(20(22)3)23-13-9-10-14-25(23)31-5-2/h6-14,19H,4-5,15-18H2,1-3H3/p+1. The summed E-state index contributed by atoms with van der Waals surface area (Å²) >= 11 is 0. The van der Waals surface area contributed by atoms with Crippen LogP contribution in [0.25, 0.3) is 16.9 Å². The Morgan fingerprint density at radius 2 is 1.68 bits per heavy atom. The molecule has 2 aromatic carbocycles. The molecular formula is C26H32N3O2+. The average Bonchev–Trinajstić information content (AvgIpc) is 3.16. The van der Waals surface area contributed by atoms with E-state index in [4.69, 9.17) is 4.74 Å².